The van der Waals surface area contributed by atoms with Crippen LogP contribution in [0.3, 0.4) is 0 Å². The lowest BCUT2D eigenvalue weighted by Crippen LogP contribution is -2.06. The van der Waals surface area contributed by atoms with Crippen molar-refractivity contribution in [2.75, 3.05) is 7.05 Å². The van der Waals surface area contributed by atoms with Crippen molar-refractivity contribution in [1.82, 2.24) is 5.32 Å². The maximum atomic E-state index is 7.74. The van der Waals surface area contributed by atoms with E-state index in [4.69, 9.17) is 5.21 Å². The molecule has 0 aromatic heterocycles. The molecule has 0 aromatic carbocycles. The van der Waals surface area contributed by atoms with E-state index in [1.54, 1.807) is 7.05 Å². The maximum absolute atomic E-state index is 7.74. The molecule has 0 heterocycles. The van der Waals surface area contributed by atoms with Gasteiger partial charge in [0, 0.05) is 7.05 Å². The largest absolute Gasteiger partial charge is 0.410 e. The molecule has 0 aromatic rings. The number of hydrogen-bond donors (Lipinski definition) is 2. The van der Waals surface area contributed by atoms with E-state index in [0.29, 0.717) is 0 Å². The molecule has 0 amide bonds. The second-order valence-electron chi connectivity index (χ2n) is 0.799. The fourth-order valence-corrected chi connectivity index (χ4v) is 0.141. The zero-order valence-electron chi connectivity index (χ0n) is 4.00. The Kier molecular flexibility index (Phi) is 4.19. The van der Waals surface area contributed by atoms with Crippen LogP contribution in [0.25, 0.3) is 0 Å². The standard InChI is InChI=1S/C3H7N3O/c1-4-2-5-3-6-7/h2-3,7H,1H3,(H,4,5,6). The van der Waals surface area contributed by atoms with Gasteiger partial charge in [0.05, 0.1) is 6.34 Å². The van der Waals surface area contributed by atoms with E-state index in [1.807, 2.05) is 0 Å². The second kappa shape index (κ2) is 4.94. The quantitative estimate of drug-likeness (QED) is 0.216. The first-order valence-electron chi connectivity index (χ1n) is 1.74. The highest BCUT2D eigenvalue weighted by Gasteiger charge is 1.58. The molecule has 0 bridgehead atoms. The van der Waals surface area contributed by atoms with Gasteiger partial charge in [-0.2, -0.15) is 0 Å². The van der Waals surface area contributed by atoms with E-state index in [-0.39, 0.29) is 0 Å². The summed E-state index contributed by atoms with van der Waals surface area (Å²) in [4.78, 5) is 3.53. The third-order valence-electron chi connectivity index (χ3n) is 0.336. The molecule has 0 aliphatic heterocycles. The fourth-order valence-electron chi connectivity index (χ4n) is 0.141. The van der Waals surface area contributed by atoms with Gasteiger partial charge in [0.2, 0.25) is 0 Å². The smallest absolute Gasteiger partial charge is 0.133 e. The predicted octanol–water partition coefficient (Wildman–Crippen LogP) is -0.348. The Labute approximate surface area is 41.6 Å². The number of nitrogens with one attached hydrogen (secondary N) is 1. The normalized spacial score (nSPS) is 11.0. The molecule has 0 aliphatic rings. The average molecular weight is 101 g/mol. The average Bonchev–Trinajstić information content (AvgIpc) is 1.69. The Morgan fingerprint density at radius 1 is 1.57 bits per heavy atom. The van der Waals surface area contributed by atoms with Gasteiger partial charge in [0.25, 0.3) is 0 Å². The molecule has 0 rings (SSSR count). The maximum Gasteiger partial charge on any atom is 0.133 e. The van der Waals surface area contributed by atoms with Crippen LogP contribution in [0.15, 0.2) is 10.1 Å². The third kappa shape index (κ3) is 4.94. The van der Waals surface area contributed by atoms with Gasteiger partial charge in [0.15, 0.2) is 0 Å². The van der Waals surface area contributed by atoms with E-state index in [0.717, 1.165) is 6.34 Å². The van der Waals surface area contributed by atoms with Crippen LogP contribution in [0, 0.1) is 0 Å². The molecule has 4 heteroatoms. The minimum absolute atomic E-state index is 1.12. The highest BCUT2D eigenvalue weighted by Crippen LogP contribution is 1.43. The zero-order valence-corrected chi connectivity index (χ0v) is 4.00. The Balaban J connectivity index is 2.98. The van der Waals surface area contributed by atoms with Crippen molar-refractivity contribution < 1.29 is 5.21 Å². The van der Waals surface area contributed by atoms with Crippen molar-refractivity contribution >= 4 is 12.7 Å². The SMILES string of the molecule is CN=CN/C=N\O. The van der Waals surface area contributed by atoms with Crippen LogP contribution < -0.4 is 5.32 Å². The lowest BCUT2D eigenvalue weighted by atomic mass is 11.1. The van der Waals surface area contributed by atoms with Crippen LogP contribution >= 0.6 is 0 Å². The van der Waals surface area contributed by atoms with Crippen molar-refractivity contribution in [3.63, 3.8) is 0 Å². The predicted molar refractivity (Wildman–Crippen MR) is 27.8 cm³/mol. The number of nitrogens with zero attached hydrogens (tertiary/aromatic N) is 2. The molecule has 0 saturated heterocycles. The summed E-state index contributed by atoms with van der Waals surface area (Å²) < 4.78 is 0. The summed E-state index contributed by atoms with van der Waals surface area (Å²) >= 11 is 0. The summed E-state index contributed by atoms with van der Waals surface area (Å²) in [6.07, 6.45) is 2.52. The van der Waals surface area contributed by atoms with E-state index in [9.17, 15) is 0 Å². The number of rotatable bonds is 2. The molecule has 2 N–H and O–H groups in total. The first kappa shape index (κ1) is 5.94. The Morgan fingerprint density at radius 3 is 2.71 bits per heavy atom. The van der Waals surface area contributed by atoms with Gasteiger partial charge >= 0.3 is 0 Å². The first-order valence-corrected chi connectivity index (χ1v) is 1.74. The topological polar surface area (TPSA) is 57.0 Å². The van der Waals surface area contributed by atoms with Crippen molar-refractivity contribution in [1.29, 1.82) is 0 Å². The first-order chi connectivity index (χ1) is 3.41. The number of hydrogen-bond acceptors (Lipinski definition) is 3. The Bertz CT molecular complexity index is 68.2. The second-order valence-corrected chi connectivity index (χ2v) is 0.799. The molecule has 0 saturated carbocycles. The van der Waals surface area contributed by atoms with Crippen molar-refractivity contribution in [3.05, 3.63) is 0 Å². The molecule has 0 fully saturated rings. The Morgan fingerprint density at radius 2 is 2.29 bits per heavy atom. The van der Waals surface area contributed by atoms with Crippen LogP contribution in [-0.2, 0) is 0 Å². The molecular weight excluding hydrogens is 94.1 g/mol. The summed E-state index contributed by atoms with van der Waals surface area (Å²) in [5, 5.41) is 12.8. The van der Waals surface area contributed by atoms with Gasteiger partial charge in [-0.3, -0.25) is 4.99 Å². The molecule has 0 spiro atoms. The molecule has 7 heavy (non-hydrogen) atoms. The molecule has 0 radical (unpaired) electrons. The van der Waals surface area contributed by atoms with E-state index < -0.39 is 0 Å². The minimum atomic E-state index is 1.12. The van der Waals surface area contributed by atoms with Crippen molar-refractivity contribution in [2.24, 2.45) is 10.1 Å². The third-order valence-corrected chi connectivity index (χ3v) is 0.336. The van der Waals surface area contributed by atoms with Gasteiger partial charge in [-0.05, 0) is 0 Å². The Hall–Kier alpha value is -1.06. The minimum Gasteiger partial charge on any atom is -0.410 e. The van der Waals surface area contributed by atoms with Crippen molar-refractivity contribution in [3.8, 4) is 0 Å². The summed E-state index contributed by atoms with van der Waals surface area (Å²) in [6.45, 7) is 0. The van der Waals surface area contributed by atoms with Gasteiger partial charge in [-0.15, -0.1) is 0 Å². The van der Waals surface area contributed by atoms with Gasteiger partial charge in [0.1, 0.15) is 6.34 Å². The molecule has 0 atom stereocenters. The number of oxime groups is 1. The van der Waals surface area contributed by atoms with Crippen LogP contribution in [0.1, 0.15) is 0 Å². The van der Waals surface area contributed by atoms with Gasteiger partial charge in [-0.1, -0.05) is 5.16 Å². The van der Waals surface area contributed by atoms with Crippen LogP contribution in [-0.4, -0.2) is 24.9 Å². The lowest BCUT2D eigenvalue weighted by Gasteiger charge is -1.78. The molecular formula is C3H7N3O. The highest BCUT2D eigenvalue weighted by molar-refractivity contribution is 5.74. The highest BCUT2D eigenvalue weighted by atomic mass is 16.4. The molecule has 0 aliphatic carbocycles. The van der Waals surface area contributed by atoms with Crippen LogP contribution in [0.4, 0.5) is 0 Å². The van der Waals surface area contributed by atoms with E-state index >= 15 is 0 Å². The van der Waals surface area contributed by atoms with E-state index in [1.165, 1.54) is 6.34 Å². The van der Waals surface area contributed by atoms with E-state index in [2.05, 4.69) is 15.5 Å². The zero-order chi connectivity index (χ0) is 5.54. The summed E-state index contributed by atoms with van der Waals surface area (Å²) in [7, 11) is 1.61. The molecule has 0 unspecified atom stereocenters. The van der Waals surface area contributed by atoms with Gasteiger partial charge in [-0.25, -0.2) is 0 Å². The summed E-state index contributed by atoms with van der Waals surface area (Å²) in [5.74, 6) is 0. The van der Waals surface area contributed by atoms with Crippen molar-refractivity contribution in [2.45, 2.75) is 0 Å². The lowest BCUT2D eigenvalue weighted by molar-refractivity contribution is 0.320. The molecule has 40 valence electrons. The van der Waals surface area contributed by atoms with Crippen LogP contribution in [0.5, 0.6) is 0 Å². The van der Waals surface area contributed by atoms with Crippen LogP contribution in [0.2, 0.25) is 0 Å². The summed E-state index contributed by atoms with van der Waals surface area (Å²) in [6, 6.07) is 0. The molecule has 4 nitrogen and oxygen atoms in total. The summed E-state index contributed by atoms with van der Waals surface area (Å²) in [5.41, 5.74) is 0. The van der Waals surface area contributed by atoms with Gasteiger partial charge < -0.3 is 10.5 Å². The number of aliphatic imine (C=N–C) groups is 1. The fraction of sp³-hybridized carbons (Fsp3) is 0.333. The monoisotopic (exact) mass is 101 g/mol.